The van der Waals surface area contributed by atoms with Crippen molar-refractivity contribution in [2.24, 2.45) is 0 Å². The number of morpholine rings is 1. The average molecular weight is 296 g/mol. The topological polar surface area (TPSA) is 109 Å². The summed E-state index contributed by atoms with van der Waals surface area (Å²) >= 11 is 0. The van der Waals surface area contributed by atoms with E-state index < -0.39 is 17.9 Å². The number of furan rings is 1. The van der Waals surface area contributed by atoms with Gasteiger partial charge in [0.25, 0.3) is 5.91 Å². The third-order valence-corrected chi connectivity index (χ3v) is 3.10. The van der Waals surface area contributed by atoms with E-state index in [4.69, 9.17) is 14.3 Å². The van der Waals surface area contributed by atoms with Crippen LogP contribution in [-0.2, 0) is 9.53 Å². The molecular weight excluding hydrogens is 280 g/mol. The van der Waals surface area contributed by atoms with Gasteiger partial charge in [-0.1, -0.05) is 0 Å². The number of nitrogens with one attached hydrogen (secondary N) is 1. The molecule has 2 N–H and O–H groups in total. The number of ether oxygens (including phenoxy) is 1. The van der Waals surface area contributed by atoms with Crippen LogP contribution in [0.5, 0.6) is 0 Å². The molecule has 8 heteroatoms. The first-order valence-corrected chi connectivity index (χ1v) is 6.52. The Hall–Kier alpha value is -2.35. The number of carboxylic acids is 1. The number of nitrogens with zero attached hydrogens (tertiary/aromatic N) is 1. The maximum atomic E-state index is 12.4. The fourth-order valence-corrected chi connectivity index (χ4v) is 2.06. The van der Waals surface area contributed by atoms with E-state index in [0.717, 1.165) is 12.3 Å². The molecule has 0 radical (unpaired) electrons. The molecule has 0 bridgehead atoms. The highest BCUT2D eigenvalue weighted by Gasteiger charge is 2.34. The van der Waals surface area contributed by atoms with Crippen LogP contribution in [-0.4, -0.2) is 60.1 Å². The highest BCUT2D eigenvalue weighted by Crippen LogP contribution is 2.15. The van der Waals surface area contributed by atoms with Gasteiger partial charge in [-0.15, -0.1) is 0 Å². The smallest absolute Gasteiger partial charge is 0.338 e. The van der Waals surface area contributed by atoms with Gasteiger partial charge in [0.05, 0.1) is 18.8 Å². The van der Waals surface area contributed by atoms with Gasteiger partial charge in [-0.25, -0.2) is 4.79 Å². The summed E-state index contributed by atoms with van der Waals surface area (Å²) < 4.78 is 10.2. The van der Waals surface area contributed by atoms with Gasteiger partial charge < -0.3 is 24.5 Å². The molecule has 2 rings (SSSR count). The molecular formula is C13H16N2O6. The monoisotopic (exact) mass is 296 g/mol. The molecule has 8 nitrogen and oxygen atoms in total. The van der Waals surface area contributed by atoms with Gasteiger partial charge in [0.15, 0.2) is 5.76 Å². The van der Waals surface area contributed by atoms with Crippen LogP contribution in [0.1, 0.15) is 27.8 Å². The molecule has 1 fully saturated rings. The van der Waals surface area contributed by atoms with Crippen molar-refractivity contribution < 1.29 is 28.6 Å². The van der Waals surface area contributed by atoms with Crippen molar-refractivity contribution in [1.29, 1.82) is 0 Å². The molecule has 1 saturated heterocycles. The molecule has 1 atom stereocenters. The van der Waals surface area contributed by atoms with Crippen LogP contribution in [0.2, 0.25) is 0 Å². The highest BCUT2D eigenvalue weighted by molar-refractivity contribution is 5.98. The van der Waals surface area contributed by atoms with E-state index in [9.17, 15) is 14.4 Å². The lowest BCUT2D eigenvalue weighted by molar-refractivity contribution is -0.130. The third-order valence-electron chi connectivity index (χ3n) is 3.10. The van der Waals surface area contributed by atoms with E-state index in [2.05, 4.69) is 5.32 Å². The van der Waals surface area contributed by atoms with Gasteiger partial charge in [0, 0.05) is 19.2 Å². The lowest BCUT2D eigenvalue weighted by atomic mass is 10.2. The Morgan fingerprint density at radius 3 is 2.86 bits per heavy atom. The number of carboxylic acid groups (broad SMARTS) is 1. The summed E-state index contributed by atoms with van der Waals surface area (Å²) in [5.74, 6) is -2.12. The number of carbonyl (C=O) groups excluding carboxylic acids is 2. The van der Waals surface area contributed by atoms with Crippen LogP contribution in [0.25, 0.3) is 0 Å². The molecule has 0 aliphatic carbocycles. The zero-order chi connectivity index (χ0) is 15.4. The Morgan fingerprint density at radius 2 is 2.24 bits per heavy atom. The van der Waals surface area contributed by atoms with Crippen LogP contribution in [0.15, 0.2) is 16.7 Å². The largest absolute Gasteiger partial charge is 0.478 e. The van der Waals surface area contributed by atoms with Crippen LogP contribution in [0.4, 0.5) is 0 Å². The third kappa shape index (κ3) is 3.22. The molecule has 0 aromatic carbocycles. The second-order valence-corrected chi connectivity index (χ2v) is 4.49. The predicted molar refractivity (Wildman–Crippen MR) is 70.0 cm³/mol. The van der Waals surface area contributed by atoms with Gasteiger partial charge in [-0.05, 0) is 6.92 Å². The van der Waals surface area contributed by atoms with Crippen molar-refractivity contribution >= 4 is 17.8 Å². The normalized spacial score (nSPS) is 18.3. The summed E-state index contributed by atoms with van der Waals surface area (Å²) in [7, 11) is 0. The van der Waals surface area contributed by atoms with E-state index in [1.165, 1.54) is 4.90 Å². The summed E-state index contributed by atoms with van der Waals surface area (Å²) in [4.78, 5) is 36.4. The minimum absolute atomic E-state index is 0.101. The van der Waals surface area contributed by atoms with Gasteiger partial charge in [0.2, 0.25) is 5.91 Å². The van der Waals surface area contributed by atoms with E-state index >= 15 is 0 Å². The first-order valence-electron chi connectivity index (χ1n) is 6.52. The maximum absolute atomic E-state index is 12.4. The van der Waals surface area contributed by atoms with Crippen molar-refractivity contribution in [3.05, 3.63) is 23.7 Å². The highest BCUT2D eigenvalue weighted by atomic mass is 16.5. The van der Waals surface area contributed by atoms with Crippen LogP contribution >= 0.6 is 0 Å². The van der Waals surface area contributed by atoms with E-state index in [-0.39, 0.29) is 30.4 Å². The Labute approximate surface area is 120 Å². The molecule has 1 unspecified atom stereocenters. The summed E-state index contributed by atoms with van der Waals surface area (Å²) in [5, 5.41) is 11.5. The zero-order valence-electron chi connectivity index (χ0n) is 11.5. The first-order chi connectivity index (χ1) is 10.0. The summed E-state index contributed by atoms with van der Waals surface area (Å²) in [6.07, 6.45) is 0.997. The van der Waals surface area contributed by atoms with E-state index in [1.54, 1.807) is 6.92 Å². The average Bonchev–Trinajstić information content (AvgIpc) is 2.97. The van der Waals surface area contributed by atoms with Crippen molar-refractivity contribution in [2.45, 2.75) is 13.0 Å². The molecule has 2 amide bonds. The lowest BCUT2D eigenvalue weighted by Gasteiger charge is -2.33. The lowest BCUT2D eigenvalue weighted by Crippen LogP contribution is -2.55. The maximum Gasteiger partial charge on any atom is 0.338 e. The Bertz CT molecular complexity index is 553. The summed E-state index contributed by atoms with van der Waals surface area (Å²) in [6, 6.07) is 0.402. The number of hydrogen-bond acceptors (Lipinski definition) is 5. The van der Waals surface area contributed by atoms with Gasteiger partial charge >= 0.3 is 5.97 Å². The van der Waals surface area contributed by atoms with E-state index in [0.29, 0.717) is 13.2 Å². The van der Waals surface area contributed by atoms with Crippen LogP contribution < -0.4 is 5.32 Å². The fraction of sp³-hybridized carbons (Fsp3) is 0.462. The number of amides is 2. The fourth-order valence-electron chi connectivity index (χ4n) is 2.06. The molecule has 1 aromatic rings. The zero-order valence-corrected chi connectivity index (χ0v) is 11.5. The van der Waals surface area contributed by atoms with Crippen molar-refractivity contribution in [1.82, 2.24) is 10.2 Å². The summed E-state index contributed by atoms with van der Waals surface area (Å²) in [6.45, 7) is 2.88. The molecule has 21 heavy (non-hydrogen) atoms. The quantitative estimate of drug-likeness (QED) is 0.806. The summed E-state index contributed by atoms with van der Waals surface area (Å²) in [5.41, 5.74) is -0.110. The van der Waals surface area contributed by atoms with Gasteiger partial charge in [-0.2, -0.15) is 0 Å². The molecule has 114 valence electrons. The molecule has 1 aliphatic heterocycles. The number of rotatable bonds is 4. The number of likely N-dealkylation sites (N-methyl/N-ethyl adjacent to an activating group) is 1. The molecule has 1 aliphatic rings. The van der Waals surface area contributed by atoms with Gasteiger partial charge in [-0.3, -0.25) is 9.59 Å². The molecule has 2 heterocycles. The Kier molecular flexibility index (Phi) is 4.59. The van der Waals surface area contributed by atoms with Crippen molar-refractivity contribution in [3.8, 4) is 0 Å². The second kappa shape index (κ2) is 6.40. The van der Waals surface area contributed by atoms with Crippen molar-refractivity contribution in [2.75, 3.05) is 26.3 Å². The number of carbonyl (C=O) groups is 3. The van der Waals surface area contributed by atoms with Crippen molar-refractivity contribution in [3.63, 3.8) is 0 Å². The van der Waals surface area contributed by atoms with Gasteiger partial charge in [0.1, 0.15) is 12.3 Å². The Morgan fingerprint density at radius 1 is 1.48 bits per heavy atom. The minimum Gasteiger partial charge on any atom is -0.478 e. The predicted octanol–water partition coefficient (Wildman–Crippen LogP) is -0.0451. The second-order valence-electron chi connectivity index (χ2n) is 4.49. The minimum atomic E-state index is -1.18. The first kappa shape index (κ1) is 15.0. The van der Waals surface area contributed by atoms with E-state index in [1.807, 2.05) is 0 Å². The number of aromatic carboxylic acids is 1. The molecule has 1 aromatic heterocycles. The molecule has 0 saturated carbocycles. The standard InChI is InChI=1S/C13H16N2O6/c1-2-14-11(16)9-7-20-4-3-15(9)12(17)10-5-8(6-21-10)13(18)19/h5-6,9H,2-4,7H2,1H3,(H,14,16)(H,18,19). The van der Waals surface area contributed by atoms with Crippen LogP contribution in [0.3, 0.4) is 0 Å². The number of hydrogen-bond donors (Lipinski definition) is 2. The van der Waals surface area contributed by atoms with Crippen LogP contribution in [0, 0.1) is 0 Å². The SMILES string of the molecule is CCNC(=O)C1COCCN1C(=O)c1cc(C(=O)O)co1. The Balaban J connectivity index is 2.17. The molecule has 0 spiro atoms.